The number of allylic oxidation sites excluding steroid dienone is 3. The zero-order valence-corrected chi connectivity index (χ0v) is 26.8. The smallest absolute Gasteiger partial charge is 0.246 e. The molecule has 6 atom stereocenters. The third-order valence-corrected chi connectivity index (χ3v) is 10.7. The number of hydrogen-bond acceptors (Lipinski definition) is 7. The maximum absolute atomic E-state index is 15.1. The van der Waals surface area contributed by atoms with Gasteiger partial charge in [0.2, 0.25) is 29.4 Å². The normalized spacial score (nSPS) is 28.3. The van der Waals surface area contributed by atoms with E-state index in [2.05, 4.69) is 0 Å². The lowest BCUT2D eigenvalue weighted by Gasteiger charge is -2.49. The maximum atomic E-state index is 15.1. The predicted molar refractivity (Wildman–Crippen MR) is 175 cm³/mol. The number of fused-ring (bicyclic) bond motifs is 4. The van der Waals surface area contributed by atoms with Gasteiger partial charge in [0.1, 0.15) is 0 Å². The summed E-state index contributed by atoms with van der Waals surface area (Å²) in [4.78, 5) is 58.9. The minimum absolute atomic E-state index is 0.144. The lowest BCUT2D eigenvalue weighted by molar-refractivity contribution is -0.138. The highest BCUT2D eigenvalue weighted by molar-refractivity contribution is 6.32. The predicted octanol–water partition coefficient (Wildman–Crippen LogP) is 5.40. The zero-order valence-electron chi connectivity index (χ0n) is 26.1. The van der Waals surface area contributed by atoms with Crippen molar-refractivity contribution < 1.29 is 33.8 Å². The van der Waals surface area contributed by atoms with Crippen LogP contribution in [0.5, 0.6) is 17.2 Å². The summed E-state index contributed by atoms with van der Waals surface area (Å²) in [6, 6.07) is 19.3. The van der Waals surface area contributed by atoms with Gasteiger partial charge in [-0.3, -0.25) is 24.1 Å². The number of likely N-dealkylation sites (tertiary alicyclic amines) is 1. The van der Waals surface area contributed by atoms with Crippen molar-refractivity contribution in [1.29, 1.82) is 0 Å². The number of phenolic OH excluding ortho intramolecular Hbond substituents is 1. The van der Waals surface area contributed by atoms with Crippen molar-refractivity contribution in [2.75, 3.05) is 26.2 Å². The second-order valence-electron chi connectivity index (χ2n) is 12.5. The molecule has 2 aliphatic heterocycles. The molecule has 240 valence electrons. The fourth-order valence-electron chi connectivity index (χ4n) is 8.36. The molecular weight excluding hydrogens is 620 g/mol. The minimum Gasteiger partial charge on any atom is -0.502 e. The van der Waals surface area contributed by atoms with Crippen LogP contribution in [0.3, 0.4) is 0 Å². The molecular formula is C37H33ClN2O7. The molecule has 3 aromatic rings. The van der Waals surface area contributed by atoms with Crippen LogP contribution in [0.15, 0.2) is 84.5 Å². The molecule has 47 heavy (non-hydrogen) atoms. The second-order valence-corrected chi connectivity index (χ2v) is 12.9. The number of methoxy groups -OCH3 is 2. The number of amides is 4. The summed E-state index contributed by atoms with van der Waals surface area (Å²) < 4.78 is 10.8. The molecule has 7 rings (SSSR count). The van der Waals surface area contributed by atoms with Crippen molar-refractivity contribution in [1.82, 2.24) is 4.90 Å². The van der Waals surface area contributed by atoms with Gasteiger partial charge in [0.05, 0.1) is 43.1 Å². The Labute approximate surface area is 277 Å². The van der Waals surface area contributed by atoms with Gasteiger partial charge in [-0.25, -0.2) is 4.90 Å². The molecule has 3 fully saturated rings. The highest BCUT2D eigenvalue weighted by atomic mass is 35.5. The summed E-state index contributed by atoms with van der Waals surface area (Å²) in [5.74, 6) is -4.08. The number of imide groups is 2. The molecule has 4 amide bonds. The maximum Gasteiger partial charge on any atom is 0.246 e. The van der Waals surface area contributed by atoms with Gasteiger partial charge in [0, 0.05) is 18.0 Å². The summed E-state index contributed by atoms with van der Waals surface area (Å²) in [6.45, 7) is 0. The van der Waals surface area contributed by atoms with E-state index in [4.69, 9.17) is 21.1 Å². The number of hydrogen-bond donors (Lipinski definition) is 1. The third-order valence-electron chi connectivity index (χ3n) is 10.4. The van der Waals surface area contributed by atoms with E-state index in [0.29, 0.717) is 28.3 Å². The van der Waals surface area contributed by atoms with E-state index in [1.54, 1.807) is 36.4 Å². The number of benzene rings is 3. The number of phenols is 1. The third kappa shape index (κ3) is 4.43. The van der Waals surface area contributed by atoms with Crippen LogP contribution < -0.4 is 14.4 Å². The van der Waals surface area contributed by atoms with Crippen molar-refractivity contribution in [2.45, 2.75) is 18.3 Å². The first-order valence-electron chi connectivity index (χ1n) is 15.5. The second kappa shape index (κ2) is 11.4. The molecule has 2 aliphatic carbocycles. The number of anilines is 1. The van der Waals surface area contributed by atoms with E-state index in [1.165, 1.54) is 31.1 Å². The van der Waals surface area contributed by atoms with Crippen LogP contribution in [-0.2, 0) is 24.6 Å². The Morgan fingerprint density at radius 3 is 2.26 bits per heavy atom. The molecule has 4 aliphatic rings. The molecule has 9 nitrogen and oxygen atoms in total. The topological polar surface area (TPSA) is 113 Å². The Morgan fingerprint density at radius 1 is 0.894 bits per heavy atom. The first kappa shape index (κ1) is 30.7. The van der Waals surface area contributed by atoms with Gasteiger partial charge in [0.15, 0.2) is 11.5 Å². The van der Waals surface area contributed by atoms with Crippen molar-refractivity contribution in [2.24, 2.45) is 29.6 Å². The Kier molecular flexibility index (Phi) is 7.47. The molecule has 2 heterocycles. The molecule has 0 spiro atoms. The molecule has 0 aromatic heterocycles. The van der Waals surface area contributed by atoms with Crippen molar-refractivity contribution in [3.05, 3.63) is 101 Å². The number of nitrogens with zero attached hydrogens (tertiary/aromatic N) is 2. The average molecular weight is 653 g/mol. The summed E-state index contributed by atoms with van der Waals surface area (Å²) >= 11 is 6.35. The lowest BCUT2D eigenvalue weighted by Crippen LogP contribution is -2.54. The van der Waals surface area contributed by atoms with Crippen LogP contribution in [0, 0.1) is 29.6 Å². The zero-order chi connectivity index (χ0) is 33.2. The Balaban J connectivity index is 1.47. The molecule has 0 unspecified atom stereocenters. The van der Waals surface area contributed by atoms with Gasteiger partial charge in [-0.15, -0.1) is 0 Å². The fraction of sp³-hybridized carbons (Fsp3) is 0.297. The lowest BCUT2D eigenvalue weighted by atomic mass is 9.50. The molecule has 0 radical (unpaired) electrons. The number of halogens is 1. The van der Waals surface area contributed by atoms with Gasteiger partial charge < -0.3 is 14.6 Å². The van der Waals surface area contributed by atoms with Gasteiger partial charge in [-0.05, 0) is 60.2 Å². The highest BCUT2D eigenvalue weighted by Gasteiger charge is 2.69. The van der Waals surface area contributed by atoms with Gasteiger partial charge in [-0.2, -0.15) is 0 Å². The summed E-state index contributed by atoms with van der Waals surface area (Å²) in [6.07, 6.45) is 6.30. The molecule has 2 saturated heterocycles. The number of ether oxygens (including phenoxy) is 2. The fourth-order valence-corrected chi connectivity index (χ4v) is 8.55. The quantitative estimate of drug-likeness (QED) is 0.280. The molecule has 3 aromatic carbocycles. The van der Waals surface area contributed by atoms with E-state index in [-0.39, 0.29) is 47.3 Å². The number of carbonyl (C=O) groups excluding carboxylic acids is 4. The van der Waals surface area contributed by atoms with Crippen LogP contribution in [0.1, 0.15) is 24.0 Å². The number of carbonyl (C=O) groups is 4. The molecule has 1 saturated carbocycles. The van der Waals surface area contributed by atoms with E-state index in [0.717, 1.165) is 5.57 Å². The van der Waals surface area contributed by atoms with Crippen LogP contribution >= 0.6 is 11.6 Å². The molecule has 10 heteroatoms. The SMILES string of the molecule is COc1cc(C=C[C@H]2C3=CC[C@@H]4C(=O)N(C)C(=O)[C@@H]4[C@@H]3C[C@H]3C(=O)N(c4cccc(Cl)c4)C(=O)[C@@]23c2ccccc2)cc(OC)c1O. The van der Waals surface area contributed by atoms with E-state index < -0.39 is 35.0 Å². The Bertz CT molecular complexity index is 1860. The first-order chi connectivity index (χ1) is 22.6. The summed E-state index contributed by atoms with van der Waals surface area (Å²) in [5.41, 5.74) is 1.16. The van der Waals surface area contributed by atoms with Crippen LogP contribution in [0.25, 0.3) is 6.08 Å². The van der Waals surface area contributed by atoms with E-state index in [1.807, 2.05) is 48.6 Å². The summed E-state index contributed by atoms with van der Waals surface area (Å²) in [7, 11) is 4.39. The van der Waals surface area contributed by atoms with Crippen LogP contribution in [-0.4, -0.2) is 54.9 Å². The Morgan fingerprint density at radius 2 is 1.60 bits per heavy atom. The monoisotopic (exact) mass is 652 g/mol. The molecule has 0 bridgehead atoms. The minimum atomic E-state index is -1.37. The van der Waals surface area contributed by atoms with Crippen LogP contribution in [0.4, 0.5) is 5.69 Å². The standard InChI is InChI=1S/C37H33ClN2O7/c1-39-33(42)25-14-13-24-26(31(25)35(39)44)19-28-34(43)40(23-11-7-10-22(38)18-23)36(45)37(28,21-8-5-4-6-9-21)27(24)15-12-20-16-29(46-2)32(41)30(17-20)47-3/h4-13,15-18,25-28,31,41H,14,19H2,1-3H3/t25-,26+,27-,28-,31-,37-/m0/s1. The molecule has 1 N–H and O–H groups in total. The highest BCUT2D eigenvalue weighted by Crippen LogP contribution is 2.62. The van der Waals surface area contributed by atoms with Gasteiger partial charge in [0.25, 0.3) is 0 Å². The first-order valence-corrected chi connectivity index (χ1v) is 15.8. The van der Waals surface area contributed by atoms with Crippen molar-refractivity contribution in [3.8, 4) is 17.2 Å². The van der Waals surface area contributed by atoms with E-state index >= 15 is 4.79 Å². The van der Waals surface area contributed by atoms with Crippen molar-refractivity contribution >= 4 is 47.0 Å². The van der Waals surface area contributed by atoms with Gasteiger partial charge >= 0.3 is 0 Å². The largest absolute Gasteiger partial charge is 0.502 e. The van der Waals surface area contributed by atoms with Gasteiger partial charge in [-0.1, -0.05) is 71.8 Å². The van der Waals surface area contributed by atoms with E-state index in [9.17, 15) is 19.5 Å². The average Bonchev–Trinajstić information content (AvgIpc) is 3.45. The Hall–Kier alpha value is -4.89. The van der Waals surface area contributed by atoms with Crippen molar-refractivity contribution in [3.63, 3.8) is 0 Å². The number of aromatic hydroxyl groups is 1. The number of rotatable bonds is 6. The van der Waals surface area contributed by atoms with Crippen LogP contribution in [0.2, 0.25) is 5.02 Å². The summed E-state index contributed by atoms with van der Waals surface area (Å²) in [5, 5.41) is 10.9.